The summed E-state index contributed by atoms with van der Waals surface area (Å²) in [6, 6.07) is 0. The van der Waals surface area contributed by atoms with Crippen LogP contribution in [0.5, 0.6) is 0 Å². The first-order valence-electron chi connectivity index (χ1n) is 4.63. The van der Waals surface area contributed by atoms with E-state index in [1.165, 1.54) is 5.57 Å². The van der Waals surface area contributed by atoms with Gasteiger partial charge in [-0.1, -0.05) is 6.08 Å². The highest BCUT2D eigenvalue weighted by Crippen LogP contribution is 2.39. The summed E-state index contributed by atoms with van der Waals surface area (Å²) in [5.74, 6) is 0.271. The highest BCUT2D eigenvalue weighted by molar-refractivity contribution is 5.62. The molecular weight excluding hydrogens is 168 g/mol. The second-order valence-corrected chi connectivity index (χ2v) is 4.09. The smallest absolute Gasteiger partial charge is 0.159 e. The van der Waals surface area contributed by atoms with E-state index in [0.29, 0.717) is 0 Å². The molecule has 2 aliphatic rings. The van der Waals surface area contributed by atoms with Gasteiger partial charge >= 0.3 is 0 Å². The van der Waals surface area contributed by atoms with Crippen LogP contribution < -0.4 is 0 Å². The molecule has 0 aromatic carbocycles. The van der Waals surface area contributed by atoms with Crippen LogP contribution in [0.4, 0.5) is 0 Å². The summed E-state index contributed by atoms with van der Waals surface area (Å²) >= 11 is 0. The van der Waals surface area contributed by atoms with Crippen molar-refractivity contribution in [1.29, 1.82) is 0 Å². The van der Waals surface area contributed by atoms with Gasteiger partial charge in [-0.2, -0.15) is 0 Å². The van der Waals surface area contributed by atoms with Gasteiger partial charge in [0, 0.05) is 5.92 Å². The van der Waals surface area contributed by atoms with Gasteiger partial charge in [-0.3, -0.25) is 4.79 Å². The van der Waals surface area contributed by atoms with Crippen molar-refractivity contribution in [2.45, 2.75) is 38.4 Å². The molecule has 3 nitrogen and oxygen atoms in total. The van der Waals surface area contributed by atoms with Crippen LogP contribution in [0.1, 0.15) is 26.7 Å². The number of hydrogen-bond acceptors (Lipinski definition) is 3. The molecule has 0 unspecified atom stereocenters. The zero-order chi connectivity index (χ0) is 9.47. The van der Waals surface area contributed by atoms with Crippen molar-refractivity contribution in [3.05, 3.63) is 11.6 Å². The Labute approximate surface area is 77.6 Å². The predicted octanol–water partition coefficient (Wildman–Crippen LogP) is 1.63. The normalized spacial score (nSPS) is 44.0. The number of aldehydes is 1. The number of hydrogen-bond donors (Lipinski definition) is 0. The summed E-state index contributed by atoms with van der Waals surface area (Å²) in [5.41, 5.74) is 0.470. The van der Waals surface area contributed by atoms with Gasteiger partial charge < -0.3 is 0 Å². The number of fused-ring (bicyclic) bond motifs is 2. The molecule has 1 heterocycles. The van der Waals surface area contributed by atoms with Gasteiger partial charge in [0.1, 0.15) is 6.10 Å². The highest BCUT2D eigenvalue weighted by atomic mass is 17.2. The molecule has 0 spiro atoms. The van der Waals surface area contributed by atoms with Crippen molar-refractivity contribution < 1.29 is 14.6 Å². The van der Waals surface area contributed by atoms with E-state index in [-0.39, 0.29) is 12.0 Å². The second kappa shape index (κ2) is 2.93. The molecule has 0 radical (unpaired) electrons. The van der Waals surface area contributed by atoms with Crippen molar-refractivity contribution in [2.75, 3.05) is 0 Å². The molecule has 0 aromatic heterocycles. The molecule has 1 aliphatic carbocycles. The van der Waals surface area contributed by atoms with E-state index >= 15 is 0 Å². The lowest BCUT2D eigenvalue weighted by Gasteiger charge is -2.41. The number of carbonyl (C=O) groups excluding carboxylic acids is 1. The van der Waals surface area contributed by atoms with E-state index in [2.05, 4.69) is 6.08 Å². The maximum absolute atomic E-state index is 10.8. The summed E-state index contributed by atoms with van der Waals surface area (Å²) in [6.07, 6.45) is 4.87. The third kappa shape index (κ3) is 1.32. The first kappa shape index (κ1) is 8.91. The lowest BCUT2D eigenvalue weighted by Crippen LogP contribution is -2.48. The fourth-order valence-corrected chi connectivity index (χ4v) is 1.93. The van der Waals surface area contributed by atoms with Crippen molar-refractivity contribution >= 4 is 6.29 Å². The van der Waals surface area contributed by atoms with Gasteiger partial charge in [-0.25, -0.2) is 9.78 Å². The Hall–Kier alpha value is -0.670. The Morgan fingerprint density at radius 2 is 2.46 bits per heavy atom. The van der Waals surface area contributed by atoms with Crippen LogP contribution in [0, 0.1) is 5.92 Å². The maximum Gasteiger partial charge on any atom is 0.159 e. The largest absolute Gasteiger partial charge is 0.300 e. The van der Waals surface area contributed by atoms with Crippen LogP contribution in [-0.2, 0) is 14.6 Å². The van der Waals surface area contributed by atoms with Gasteiger partial charge in [0.15, 0.2) is 11.9 Å². The number of carbonyl (C=O) groups is 1. The second-order valence-electron chi connectivity index (χ2n) is 4.09. The lowest BCUT2D eigenvalue weighted by molar-refractivity contribution is -0.399. The summed E-state index contributed by atoms with van der Waals surface area (Å²) in [4.78, 5) is 21.1. The molecule has 0 aromatic rings. The summed E-state index contributed by atoms with van der Waals surface area (Å²) in [7, 11) is 0. The Morgan fingerprint density at radius 3 is 3.15 bits per heavy atom. The Bertz CT molecular complexity index is 259. The van der Waals surface area contributed by atoms with Crippen LogP contribution >= 0.6 is 0 Å². The van der Waals surface area contributed by atoms with Gasteiger partial charge in [-0.15, -0.1) is 0 Å². The van der Waals surface area contributed by atoms with E-state index in [9.17, 15) is 4.79 Å². The molecule has 3 heteroatoms. The topological polar surface area (TPSA) is 35.5 Å². The molecule has 0 saturated carbocycles. The Kier molecular flexibility index (Phi) is 2.00. The van der Waals surface area contributed by atoms with E-state index in [4.69, 9.17) is 9.78 Å². The van der Waals surface area contributed by atoms with Crippen molar-refractivity contribution in [3.8, 4) is 0 Å². The maximum atomic E-state index is 10.8. The molecule has 1 aliphatic heterocycles. The fraction of sp³-hybridized carbons (Fsp3) is 0.700. The molecule has 1 saturated heterocycles. The van der Waals surface area contributed by atoms with Crippen LogP contribution in [0.3, 0.4) is 0 Å². The molecule has 2 bridgehead atoms. The van der Waals surface area contributed by atoms with Gasteiger partial charge in [0.2, 0.25) is 0 Å². The summed E-state index contributed by atoms with van der Waals surface area (Å²) in [6.45, 7) is 3.82. The van der Waals surface area contributed by atoms with Crippen LogP contribution in [-0.4, -0.2) is 18.0 Å². The Morgan fingerprint density at radius 1 is 1.69 bits per heavy atom. The minimum Gasteiger partial charge on any atom is -0.300 e. The van der Waals surface area contributed by atoms with E-state index < -0.39 is 5.60 Å². The van der Waals surface area contributed by atoms with Crippen LogP contribution in [0.25, 0.3) is 0 Å². The van der Waals surface area contributed by atoms with E-state index in [1.54, 1.807) is 6.92 Å². The first-order chi connectivity index (χ1) is 6.15. The quantitative estimate of drug-likeness (QED) is 0.351. The van der Waals surface area contributed by atoms with Crippen molar-refractivity contribution in [3.63, 3.8) is 0 Å². The third-order valence-corrected chi connectivity index (χ3v) is 3.12. The minimum absolute atomic E-state index is 0.0618. The van der Waals surface area contributed by atoms with Crippen LogP contribution in [0.15, 0.2) is 11.6 Å². The zero-order valence-corrected chi connectivity index (χ0v) is 7.95. The molecule has 13 heavy (non-hydrogen) atoms. The molecular formula is C10H14O3. The van der Waals surface area contributed by atoms with Crippen molar-refractivity contribution in [2.24, 2.45) is 5.92 Å². The van der Waals surface area contributed by atoms with Gasteiger partial charge in [0.25, 0.3) is 0 Å². The van der Waals surface area contributed by atoms with Gasteiger partial charge in [-0.05, 0) is 32.3 Å². The number of rotatable bonds is 1. The lowest BCUT2D eigenvalue weighted by atomic mass is 9.77. The monoisotopic (exact) mass is 182 g/mol. The van der Waals surface area contributed by atoms with Crippen LogP contribution in [0.2, 0.25) is 0 Å². The predicted molar refractivity (Wildman–Crippen MR) is 46.9 cm³/mol. The first-order valence-corrected chi connectivity index (χ1v) is 4.63. The average Bonchev–Trinajstić information content (AvgIpc) is 2.16. The van der Waals surface area contributed by atoms with E-state index in [1.807, 2.05) is 6.92 Å². The highest BCUT2D eigenvalue weighted by Gasteiger charge is 2.44. The zero-order valence-electron chi connectivity index (χ0n) is 7.95. The summed E-state index contributed by atoms with van der Waals surface area (Å²) < 4.78 is 0. The fourth-order valence-electron chi connectivity index (χ4n) is 1.93. The molecule has 0 amide bonds. The van der Waals surface area contributed by atoms with Gasteiger partial charge in [0.05, 0.1) is 0 Å². The molecule has 0 N–H and O–H groups in total. The third-order valence-electron chi connectivity index (χ3n) is 3.12. The summed E-state index contributed by atoms with van der Waals surface area (Å²) in [5, 5.41) is 0. The number of allylic oxidation sites excluding steroid dienone is 1. The molecule has 3 atom stereocenters. The molecule has 1 fully saturated rings. The average molecular weight is 182 g/mol. The van der Waals surface area contributed by atoms with E-state index in [0.717, 1.165) is 19.1 Å². The SMILES string of the molecule is CC1=CC[C@H]2C[C@@H]1OO[C@]2(C)C=O. The minimum atomic E-state index is -0.742. The Balaban J connectivity index is 2.23. The molecule has 72 valence electrons. The van der Waals surface area contributed by atoms with Crippen molar-refractivity contribution in [1.82, 2.24) is 0 Å². The molecule has 2 rings (SSSR count). The standard InChI is InChI=1S/C10H14O3/c1-7-3-4-8-5-9(7)12-13-10(8,2)6-11/h3,6,8-9H,4-5H2,1-2H3/t8-,9-,10+/m0/s1.